The van der Waals surface area contributed by atoms with Gasteiger partial charge < -0.3 is 9.80 Å². The van der Waals surface area contributed by atoms with Crippen molar-refractivity contribution in [2.75, 3.05) is 26.2 Å². The molecule has 132 valence electrons. The summed E-state index contributed by atoms with van der Waals surface area (Å²) in [5.41, 5.74) is 0.860. The van der Waals surface area contributed by atoms with Gasteiger partial charge in [-0.2, -0.15) is 0 Å². The van der Waals surface area contributed by atoms with E-state index in [-0.39, 0.29) is 17.7 Å². The number of hydrogen-bond acceptors (Lipinski definition) is 2. The normalized spacial score (nSPS) is 15.5. The molecule has 1 aromatic rings. The van der Waals surface area contributed by atoms with Gasteiger partial charge in [0.25, 0.3) is 0 Å². The Morgan fingerprint density at radius 1 is 1.04 bits per heavy atom. The lowest BCUT2D eigenvalue weighted by Gasteiger charge is -2.25. The van der Waals surface area contributed by atoms with Crippen LogP contribution in [0.15, 0.2) is 24.3 Å². The minimum atomic E-state index is 0.0833. The van der Waals surface area contributed by atoms with E-state index in [0.29, 0.717) is 31.1 Å². The number of carbonyl (C=O) groups is 2. The van der Waals surface area contributed by atoms with E-state index in [9.17, 15) is 9.59 Å². The summed E-state index contributed by atoms with van der Waals surface area (Å²) in [5.74, 6) is 0.427. The molecule has 0 N–H and O–H groups in total. The van der Waals surface area contributed by atoms with Gasteiger partial charge in [-0.15, -0.1) is 0 Å². The van der Waals surface area contributed by atoms with Crippen molar-refractivity contribution in [3.05, 3.63) is 34.9 Å². The van der Waals surface area contributed by atoms with Gasteiger partial charge in [0.05, 0.1) is 6.42 Å². The summed E-state index contributed by atoms with van der Waals surface area (Å²) >= 11 is 6.15. The molecule has 1 saturated heterocycles. The van der Waals surface area contributed by atoms with Gasteiger partial charge in [0.2, 0.25) is 11.8 Å². The van der Waals surface area contributed by atoms with Crippen LogP contribution in [-0.4, -0.2) is 47.8 Å². The Morgan fingerprint density at radius 3 is 2.33 bits per heavy atom. The molecule has 0 aromatic heterocycles. The van der Waals surface area contributed by atoms with Crippen molar-refractivity contribution in [1.29, 1.82) is 0 Å². The summed E-state index contributed by atoms with van der Waals surface area (Å²) in [6.07, 6.45) is 2.91. The van der Waals surface area contributed by atoms with Gasteiger partial charge in [-0.3, -0.25) is 9.59 Å². The summed E-state index contributed by atoms with van der Waals surface area (Å²) in [5, 5.41) is 0.631. The molecule has 4 nitrogen and oxygen atoms in total. The smallest absolute Gasteiger partial charge is 0.227 e. The zero-order valence-electron chi connectivity index (χ0n) is 14.6. The van der Waals surface area contributed by atoms with Crippen molar-refractivity contribution in [2.45, 2.75) is 39.5 Å². The monoisotopic (exact) mass is 350 g/mol. The predicted octanol–water partition coefficient (Wildman–Crippen LogP) is 3.38. The van der Waals surface area contributed by atoms with E-state index in [2.05, 4.69) is 13.8 Å². The molecule has 1 aliphatic rings. The predicted molar refractivity (Wildman–Crippen MR) is 97.0 cm³/mol. The maximum absolute atomic E-state index is 12.6. The molecule has 0 spiro atoms. The van der Waals surface area contributed by atoms with Gasteiger partial charge in [0, 0.05) is 37.1 Å². The highest BCUT2D eigenvalue weighted by molar-refractivity contribution is 6.31. The van der Waals surface area contributed by atoms with E-state index in [0.717, 1.165) is 31.4 Å². The van der Waals surface area contributed by atoms with Crippen LogP contribution in [0.25, 0.3) is 0 Å². The number of halogens is 1. The number of carbonyl (C=O) groups excluding carboxylic acids is 2. The first-order valence-corrected chi connectivity index (χ1v) is 9.24. The quantitative estimate of drug-likeness (QED) is 0.816. The maximum Gasteiger partial charge on any atom is 0.227 e. The van der Waals surface area contributed by atoms with Crippen LogP contribution in [0.4, 0.5) is 0 Å². The first kappa shape index (κ1) is 18.8. The lowest BCUT2D eigenvalue weighted by atomic mass is 10.0. The maximum atomic E-state index is 12.6. The average Bonchev–Trinajstić information content (AvgIpc) is 2.84. The van der Waals surface area contributed by atoms with E-state index < -0.39 is 0 Å². The number of amides is 2. The number of benzene rings is 1. The van der Waals surface area contributed by atoms with Crippen molar-refractivity contribution in [1.82, 2.24) is 9.80 Å². The zero-order valence-corrected chi connectivity index (χ0v) is 15.4. The fourth-order valence-electron chi connectivity index (χ4n) is 3.20. The van der Waals surface area contributed by atoms with Gasteiger partial charge in [-0.05, 0) is 30.9 Å². The second-order valence-electron chi connectivity index (χ2n) is 6.34. The average molecular weight is 351 g/mol. The van der Waals surface area contributed by atoms with Gasteiger partial charge in [0.1, 0.15) is 0 Å². The Labute approximate surface area is 149 Å². The molecule has 0 saturated carbocycles. The second kappa shape index (κ2) is 9.07. The second-order valence-corrected chi connectivity index (χ2v) is 6.75. The van der Waals surface area contributed by atoms with E-state index in [1.165, 1.54) is 0 Å². The molecule has 1 fully saturated rings. The van der Waals surface area contributed by atoms with Crippen molar-refractivity contribution in [3.8, 4) is 0 Å². The van der Waals surface area contributed by atoms with Crippen molar-refractivity contribution >= 4 is 23.4 Å². The van der Waals surface area contributed by atoms with E-state index in [4.69, 9.17) is 11.6 Å². The van der Waals surface area contributed by atoms with Crippen molar-refractivity contribution in [3.63, 3.8) is 0 Å². The summed E-state index contributed by atoms with van der Waals surface area (Å²) in [6, 6.07) is 7.46. The first-order valence-electron chi connectivity index (χ1n) is 8.86. The third-order valence-electron chi connectivity index (χ3n) is 4.79. The molecule has 0 bridgehead atoms. The van der Waals surface area contributed by atoms with Crippen LogP contribution in [-0.2, 0) is 16.0 Å². The van der Waals surface area contributed by atoms with E-state index >= 15 is 0 Å². The highest BCUT2D eigenvalue weighted by Crippen LogP contribution is 2.18. The Hall–Kier alpha value is -1.55. The molecule has 2 amide bonds. The number of rotatable bonds is 5. The summed E-state index contributed by atoms with van der Waals surface area (Å²) < 4.78 is 0. The molecule has 0 aliphatic carbocycles. The SMILES string of the molecule is CCC(CC)C(=O)N1CCCN(C(=O)Cc2ccccc2Cl)CC1. The van der Waals surface area contributed by atoms with Crippen molar-refractivity contribution in [2.24, 2.45) is 5.92 Å². The van der Waals surface area contributed by atoms with Gasteiger partial charge in [-0.25, -0.2) is 0 Å². The van der Waals surface area contributed by atoms with Crippen LogP contribution < -0.4 is 0 Å². The van der Waals surface area contributed by atoms with E-state index in [1.807, 2.05) is 34.1 Å². The molecular weight excluding hydrogens is 324 g/mol. The van der Waals surface area contributed by atoms with Crippen LogP contribution in [0.1, 0.15) is 38.7 Å². The lowest BCUT2D eigenvalue weighted by Crippen LogP contribution is -2.40. The molecule has 2 rings (SSSR count). The van der Waals surface area contributed by atoms with Crippen LogP contribution in [0.5, 0.6) is 0 Å². The minimum Gasteiger partial charge on any atom is -0.341 e. The van der Waals surface area contributed by atoms with Crippen LogP contribution in [0.3, 0.4) is 0 Å². The molecule has 24 heavy (non-hydrogen) atoms. The molecule has 1 heterocycles. The Bertz CT molecular complexity index is 572. The van der Waals surface area contributed by atoms with Crippen LogP contribution in [0, 0.1) is 5.92 Å². The van der Waals surface area contributed by atoms with Gasteiger partial charge >= 0.3 is 0 Å². The van der Waals surface area contributed by atoms with E-state index in [1.54, 1.807) is 0 Å². The number of nitrogens with zero attached hydrogens (tertiary/aromatic N) is 2. The zero-order chi connectivity index (χ0) is 17.5. The highest BCUT2D eigenvalue weighted by Gasteiger charge is 2.25. The molecule has 0 atom stereocenters. The molecule has 5 heteroatoms. The van der Waals surface area contributed by atoms with Crippen molar-refractivity contribution < 1.29 is 9.59 Å². The topological polar surface area (TPSA) is 40.6 Å². The minimum absolute atomic E-state index is 0.0833. The fraction of sp³-hybridized carbons (Fsp3) is 0.579. The largest absolute Gasteiger partial charge is 0.341 e. The molecule has 0 radical (unpaired) electrons. The third kappa shape index (κ3) is 4.73. The van der Waals surface area contributed by atoms with Crippen LogP contribution >= 0.6 is 11.6 Å². The summed E-state index contributed by atoms with van der Waals surface area (Å²) in [7, 11) is 0. The summed E-state index contributed by atoms with van der Waals surface area (Å²) in [6.45, 7) is 6.80. The van der Waals surface area contributed by atoms with Crippen LogP contribution in [0.2, 0.25) is 5.02 Å². The molecule has 1 aromatic carbocycles. The highest BCUT2D eigenvalue weighted by atomic mass is 35.5. The Balaban J connectivity index is 1.94. The molecule has 1 aliphatic heterocycles. The van der Waals surface area contributed by atoms with Gasteiger partial charge in [0.15, 0.2) is 0 Å². The Morgan fingerprint density at radius 2 is 1.67 bits per heavy atom. The molecular formula is C19H27ClN2O2. The van der Waals surface area contributed by atoms with Gasteiger partial charge in [-0.1, -0.05) is 43.6 Å². The standard InChI is InChI=1S/C19H27ClN2O2/c1-3-15(4-2)19(24)22-11-7-10-21(12-13-22)18(23)14-16-8-5-6-9-17(16)20/h5-6,8-9,15H,3-4,7,10-14H2,1-2H3. The lowest BCUT2D eigenvalue weighted by molar-refractivity contribution is -0.136. The Kier molecular flexibility index (Phi) is 7.10. The molecule has 0 unspecified atom stereocenters. The third-order valence-corrected chi connectivity index (χ3v) is 5.16. The fourth-order valence-corrected chi connectivity index (χ4v) is 3.40. The number of hydrogen-bond donors (Lipinski definition) is 0. The first-order chi connectivity index (χ1) is 11.6. The summed E-state index contributed by atoms with van der Waals surface area (Å²) in [4.78, 5) is 28.9.